The van der Waals surface area contributed by atoms with Crippen LogP contribution in [0.2, 0.25) is 0 Å². The summed E-state index contributed by atoms with van der Waals surface area (Å²) >= 11 is 0. The van der Waals surface area contributed by atoms with E-state index in [4.69, 9.17) is 9.84 Å². The SMILES string of the molecule is O=C(O)c1nccc(C(=O)N2CCOc3ccccc32)n1. The highest BCUT2D eigenvalue weighted by atomic mass is 16.5. The van der Waals surface area contributed by atoms with E-state index < -0.39 is 11.8 Å². The number of rotatable bonds is 2. The number of ether oxygens (including phenoxy) is 1. The topological polar surface area (TPSA) is 92.6 Å². The molecule has 1 aromatic heterocycles. The second kappa shape index (κ2) is 5.20. The molecule has 7 heteroatoms. The van der Waals surface area contributed by atoms with Gasteiger partial charge in [-0.15, -0.1) is 0 Å². The molecule has 0 radical (unpaired) electrons. The molecule has 0 spiro atoms. The lowest BCUT2D eigenvalue weighted by molar-refractivity contribution is 0.0683. The van der Waals surface area contributed by atoms with E-state index in [9.17, 15) is 9.59 Å². The van der Waals surface area contributed by atoms with Crippen LogP contribution in [0.15, 0.2) is 36.5 Å². The zero-order chi connectivity index (χ0) is 14.8. The Morgan fingerprint density at radius 2 is 2.05 bits per heavy atom. The summed E-state index contributed by atoms with van der Waals surface area (Å²) in [5, 5.41) is 8.89. The van der Waals surface area contributed by atoms with Gasteiger partial charge in [0.2, 0.25) is 5.82 Å². The van der Waals surface area contributed by atoms with Crippen molar-refractivity contribution in [2.75, 3.05) is 18.1 Å². The largest absolute Gasteiger partial charge is 0.490 e. The van der Waals surface area contributed by atoms with Crippen LogP contribution < -0.4 is 9.64 Å². The predicted octanol–water partition coefficient (Wildman–Crippen LogP) is 1.21. The Labute approximate surface area is 119 Å². The van der Waals surface area contributed by atoms with E-state index in [1.165, 1.54) is 17.2 Å². The van der Waals surface area contributed by atoms with E-state index in [1.807, 2.05) is 6.07 Å². The van der Waals surface area contributed by atoms with Crippen molar-refractivity contribution in [1.82, 2.24) is 9.97 Å². The number of aromatic carboxylic acids is 1. The van der Waals surface area contributed by atoms with Gasteiger partial charge in [0.25, 0.3) is 5.91 Å². The van der Waals surface area contributed by atoms with E-state index in [2.05, 4.69) is 9.97 Å². The Kier molecular flexibility index (Phi) is 3.23. The van der Waals surface area contributed by atoms with E-state index in [1.54, 1.807) is 18.2 Å². The molecule has 1 aliphatic heterocycles. The molecule has 0 saturated heterocycles. The first-order chi connectivity index (χ1) is 10.2. The minimum absolute atomic E-state index is 0.0408. The van der Waals surface area contributed by atoms with Crippen LogP contribution in [-0.4, -0.2) is 40.1 Å². The molecule has 0 unspecified atom stereocenters. The molecular formula is C14H11N3O4. The lowest BCUT2D eigenvalue weighted by Gasteiger charge is -2.29. The number of fused-ring (bicyclic) bond motifs is 1. The summed E-state index contributed by atoms with van der Waals surface area (Å²) in [5.74, 6) is -1.44. The molecule has 2 heterocycles. The van der Waals surface area contributed by atoms with Gasteiger partial charge >= 0.3 is 5.97 Å². The molecular weight excluding hydrogens is 274 g/mol. The smallest absolute Gasteiger partial charge is 0.373 e. The van der Waals surface area contributed by atoms with Gasteiger partial charge in [-0.05, 0) is 18.2 Å². The third kappa shape index (κ3) is 2.40. The summed E-state index contributed by atoms with van der Waals surface area (Å²) in [7, 11) is 0. The second-order valence-corrected chi connectivity index (χ2v) is 4.34. The van der Waals surface area contributed by atoms with Crippen LogP contribution in [-0.2, 0) is 0 Å². The number of nitrogens with zero attached hydrogens (tertiary/aromatic N) is 3. The Bertz CT molecular complexity index is 717. The molecule has 7 nitrogen and oxygen atoms in total. The summed E-state index contributed by atoms with van der Waals surface area (Å²) in [6, 6.07) is 8.56. The van der Waals surface area contributed by atoms with Crippen molar-refractivity contribution in [1.29, 1.82) is 0 Å². The maximum atomic E-state index is 12.5. The molecule has 0 atom stereocenters. The van der Waals surface area contributed by atoms with Crippen LogP contribution in [0, 0.1) is 0 Å². The van der Waals surface area contributed by atoms with Gasteiger partial charge in [0.05, 0.1) is 12.2 Å². The van der Waals surface area contributed by atoms with Crippen molar-refractivity contribution in [2.24, 2.45) is 0 Å². The van der Waals surface area contributed by atoms with Gasteiger partial charge < -0.3 is 14.7 Å². The molecule has 3 rings (SSSR count). The van der Waals surface area contributed by atoms with Crippen LogP contribution in [0.3, 0.4) is 0 Å². The quantitative estimate of drug-likeness (QED) is 0.891. The zero-order valence-electron chi connectivity index (χ0n) is 10.9. The van der Waals surface area contributed by atoms with Crippen molar-refractivity contribution in [2.45, 2.75) is 0 Å². The first kappa shape index (κ1) is 13.0. The Morgan fingerprint density at radius 3 is 2.86 bits per heavy atom. The number of carboxylic acids is 1. The van der Waals surface area contributed by atoms with Gasteiger partial charge in [-0.2, -0.15) is 0 Å². The number of para-hydroxylation sites is 2. The lowest BCUT2D eigenvalue weighted by Crippen LogP contribution is -2.38. The molecule has 1 N–H and O–H groups in total. The fraction of sp³-hybridized carbons (Fsp3) is 0.143. The average Bonchev–Trinajstić information content (AvgIpc) is 2.53. The fourth-order valence-electron chi connectivity index (χ4n) is 2.10. The van der Waals surface area contributed by atoms with Gasteiger partial charge in [-0.25, -0.2) is 14.8 Å². The number of hydrogen-bond acceptors (Lipinski definition) is 5. The van der Waals surface area contributed by atoms with Crippen molar-refractivity contribution in [3.63, 3.8) is 0 Å². The highest BCUT2D eigenvalue weighted by Gasteiger charge is 2.25. The summed E-state index contributed by atoms with van der Waals surface area (Å²) < 4.78 is 5.48. The summed E-state index contributed by atoms with van der Waals surface area (Å²) in [6.45, 7) is 0.752. The molecule has 1 amide bonds. The molecule has 21 heavy (non-hydrogen) atoms. The lowest BCUT2D eigenvalue weighted by atomic mass is 10.2. The van der Waals surface area contributed by atoms with Crippen molar-refractivity contribution in [3.8, 4) is 5.75 Å². The van der Waals surface area contributed by atoms with Gasteiger partial charge in [0, 0.05) is 6.20 Å². The Balaban J connectivity index is 1.96. The summed E-state index contributed by atoms with van der Waals surface area (Å²) in [6.07, 6.45) is 1.26. The van der Waals surface area contributed by atoms with E-state index in [0.29, 0.717) is 24.6 Å². The predicted molar refractivity (Wildman–Crippen MR) is 72.6 cm³/mol. The highest BCUT2D eigenvalue weighted by molar-refractivity contribution is 6.06. The molecule has 0 saturated carbocycles. The summed E-state index contributed by atoms with van der Waals surface area (Å²) in [5.41, 5.74) is 0.684. The van der Waals surface area contributed by atoms with Gasteiger partial charge in [-0.1, -0.05) is 12.1 Å². The van der Waals surface area contributed by atoms with Crippen LogP contribution >= 0.6 is 0 Å². The normalized spacial score (nSPS) is 13.2. The highest BCUT2D eigenvalue weighted by Crippen LogP contribution is 2.31. The fourth-order valence-corrected chi connectivity index (χ4v) is 2.10. The number of carbonyl (C=O) groups is 2. The zero-order valence-corrected chi connectivity index (χ0v) is 10.9. The third-order valence-corrected chi connectivity index (χ3v) is 3.04. The molecule has 106 valence electrons. The first-order valence-corrected chi connectivity index (χ1v) is 6.27. The van der Waals surface area contributed by atoms with E-state index in [-0.39, 0.29) is 11.6 Å². The molecule has 1 aromatic carbocycles. The van der Waals surface area contributed by atoms with Crippen molar-refractivity contribution in [3.05, 3.63) is 48.0 Å². The second-order valence-electron chi connectivity index (χ2n) is 4.34. The number of carbonyl (C=O) groups excluding carboxylic acids is 1. The molecule has 1 aliphatic rings. The average molecular weight is 285 g/mol. The van der Waals surface area contributed by atoms with Crippen LogP contribution in [0.5, 0.6) is 5.75 Å². The number of aromatic nitrogens is 2. The number of amides is 1. The van der Waals surface area contributed by atoms with Crippen LogP contribution in [0.1, 0.15) is 21.1 Å². The number of hydrogen-bond donors (Lipinski definition) is 1. The van der Waals surface area contributed by atoms with E-state index in [0.717, 1.165) is 0 Å². The monoisotopic (exact) mass is 285 g/mol. The van der Waals surface area contributed by atoms with Crippen LogP contribution in [0.25, 0.3) is 0 Å². The minimum atomic E-state index is -1.27. The Hall–Kier alpha value is -2.96. The molecule has 0 fully saturated rings. The number of benzene rings is 1. The van der Waals surface area contributed by atoms with Gasteiger partial charge in [0.1, 0.15) is 18.1 Å². The van der Waals surface area contributed by atoms with Crippen molar-refractivity contribution >= 4 is 17.6 Å². The number of carboxylic acid groups (broad SMARTS) is 1. The molecule has 2 aromatic rings. The van der Waals surface area contributed by atoms with Gasteiger partial charge in [0.15, 0.2) is 0 Å². The third-order valence-electron chi connectivity index (χ3n) is 3.04. The minimum Gasteiger partial charge on any atom is -0.490 e. The van der Waals surface area contributed by atoms with E-state index >= 15 is 0 Å². The number of anilines is 1. The van der Waals surface area contributed by atoms with Crippen LogP contribution in [0.4, 0.5) is 5.69 Å². The van der Waals surface area contributed by atoms with Crippen molar-refractivity contribution < 1.29 is 19.4 Å². The maximum Gasteiger partial charge on any atom is 0.373 e. The molecule has 0 bridgehead atoms. The molecule has 0 aliphatic carbocycles. The van der Waals surface area contributed by atoms with Gasteiger partial charge in [-0.3, -0.25) is 4.79 Å². The summed E-state index contributed by atoms with van der Waals surface area (Å²) in [4.78, 5) is 32.3. The maximum absolute atomic E-state index is 12.5. The first-order valence-electron chi connectivity index (χ1n) is 6.27. The Morgan fingerprint density at radius 1 is 1.24 bits per heavy atom. The standard InChI is InChI=1S/C14H11N3O4/c18-13(9-5-6-15-12(16-9)14(19)20)17-7-8-21-11-4-2-1-3-10(11)17/h1-6H,7-8H2,(H,19,20).